The zero-order valence-corrected chi connectivity index (χ0v) is 21.0. The first kappa shape index (κ1) is 23.0. The number of nitrogens with zero attached hydrogens (tertiary/aromatic N) is 2. The third kappa shape index (κ3) is 4.90. The number of aromatic nitrogens is 1. The Balaban J connectivity index is 1.54. The Hall–Kier alpha value is -3.74. The van der Waals surface area contributed by atoms with Crippen molar-refractivity contribution < 1.29 is 9.21 Å². The van der Waals surface area contributed by atoms with E-state index in [1.54, 1.807) is 24.3 Å². The Bertz CT molecular complexity index is 1650. The number of amides is 1. The fraction of sp³-hybridized carbons (Fsp3) is 0.107. The van der Waals surface area contributed by atoms with Gasteiger partial charge in [0.15, 0.2) is 5.13 Å². The molecule has 1 amide bonds. The molecule has 0 radical (unpaired) electrons. The zero-order valence-electron chi connectivity index (χ0n) is 19.4. The van der Waals surface area contributed by atoms with Gasteiger partial charge in [-0.15, -0.1) is 11.3 Å². The molecule has 5 nitrogen and oxygen atoms in total. The number of fused-ring (bicyclic) bond motifs is 1. The van der Waals surface area contributed by atoms with Gasteiger partial charge < -0.3 is 4.42 Å². The van der Waals surface area contributed by atoms with E-state index in [0.29, 0.717) is 26.7 Å². The Kier molecular flexibility index (Phi) is 6.24. The van der Waals surface area contributed by atoms with Crippen LogP contribution in [0.15, 0.2) is 81.5 Å². The summed E-state index contributed by atoms with van der Waals surface area (Å²) in [6, 6.07) is 20.9. The lowest BCUT2D eigenvalue weighted by Crippen LogP contribution is -2.21. The van der Waals surface area contributed by atoms with Crippen LogP contribution in [0.1, 0.15) is 27.0 Å². The first-order chi connectivity index (χ1) is 16.9. The second-order valence-corrected chi connectivity index (χ2v) is 9.63. The highest BCUT2D eigenvalue weighted by Crippen LogP contribution is 2.27. The molecule has 0 aliphatic rings. The van der Waals surface area contributed by atoms with Crippen molar-refractivity contribution in [2.24, 2.45) is 4.99 Å². The van der Waals surface area contributed by atoms with E-state index in [0.717, 1.165) is 22.5 Å². The smallest absolute Gasteiger partial charge is 0.262 e. The van der Waals surface area contributed by atoms with Crippen LogP contribution in [-0.2, 0) is 0 Å². The van der Waals surface area contributed by atoms with Gasteiger partial charge in [0.25, 0.3) is 5.91 Å². The molecule has 0 saturated heterocycles. The molecule has 0 bridgehead atoms. The molecule has 174 valence electrons. The monoisotopic (exact) mass is 499 g/mol. The van der Waals surface area contributed by atoms with Gasteiger partial charge in [-0.05, 0) is 73.9 Å². The SMILES string of the molecule is Cc1ccc(-c2csc(NC(=O)c3cc4cc(Cl)ccc4oc3=Nc3ccccc3C)n2)cc1C. The number of carbonyl (C=O) groups is 1. The number of halogens is 1. The van der Waals surface area contributed by atoms with E-state index in [9.17, 15) is 4.79 Å². The van der Waals surface area contributed by atoms with E-state index in [-0.39, 0.29) is 11.5 Å². The molecule has 5 aromatic rings. The summed E-state index contributed by atoms with van der Waals surface area (Å²) in [4.78, 5) is 22.7. The number of benzene rings is 3. The molecule has 2 aromatic heterocycles. The number of aryl methyl sites for hydroxylation is 3. The molecule has 0 aliphatic heterocycles. The van der Waals surface area contributed by atoms with E-state index >= 15 is 0 Å². The molecular weight excluding hydrogens is 478 g/mol. The maximum absolute atomic E-state index is 13.4. The first-order valence-electron chi connectivity index (χ1n) is 11.1. The van der Waals surface area contributed by atoms with Crippen molar-refractivity contribution in [1.29, 1.82) is 0 Å². The number of nitrogens with one attached hydrogen (secondary N) is 1. The largest absolute Gasteiger partial charge is 0.438 e. The maximum Gasteiger partial charge on any atom is 0.262 e. The van der Waals surface area contributed by atoms with E-state index in [1.807, 2.05) is 42.6 Å². The summed E-state index contributed by atoms with van der Waals surface area (Å²) in [5.74, 6) is -0.357. The van der Waals surface area contributed by atoms with Crippen molar-refractivity contribution >= 4 is 50.6 Å². The normalized spacial score (nSPS) is 11.7. The topological polar surface area (TPSA) is 67.5 Å². The van der Waals surface area contributed by atoms with Crippen LogP contribution in [0.2, 0.25) is 5.02 Å². The van der Waals surface area contributed by atoms with Gasteiger partial charge in [-0.3, -0.25) is 10.1 Å². The van der Waals surface area contributed by atoms with E-state index in [2.05, 4.69) is 41.3 Å². The van der Waals surface area contributed by atoms with Crippen LogP contribution in [0.5, 0.6) is 0 Å². The molecule has 1 N–H and O–H groups in total. The lowest BCUT2D eigenvalue weighted by Gasteiger charge is -2.06. The van der Waals surface area contributed by atoms with Gasteiger partial charge in [0.05, 0.1) is 11.4 Å². The molecule has 0 atom stereocenters. The van der Waals surface area contributed by atoms with Gasteiger partial charge in [-0.2, -0.15) is 0 Å². The van der Waals surface area contributed by atoms with Crippen LogP contribution < -0.4 is 10.9 Å². The number of anilines is 1. The minimum atomic E-state index is -0.357. The molecule has 35 heavy (non-hydrogen) atoms. The Labute approximate surface area is 211 Å². The number of thiazole rings is 1. The molecule has 5 rings (SSSR count). The lowest BCUT2D eigenvalue weighted by molar-refractivity contribution is 0.102. The highest BCUT2D eigenvalue weighted by molar-refractivity contribution is 7.14. The van der Waals surface area contributed by atoms with Gasteiger partial charge in [0.2, 0.25) is 5.55 Å². The highest BCUT2D eigenvalue weighted by Gasteiger charge is 2.16. The third-order valence-electron chi connectivity index (χ3n) is 5.82. The summed E-state index contributed by atoms with van der Waals surface area (Å²) in [7, 11) is 0. The molecule has 2 heterocycles. The van der Waals surface area contributed by atoms with Crippen molar-refractivity contribution in [3.05, 3.63) is 105 Å². The van der Waals surface area contributed by atoms with Gasteiger partial charge in [0.1, 0.15) is 11.1 Å². The zero-order chi connectivity index (χ0) is 24.5. The van der Waals surface area contributed by atoms with Gasteiger partial charge >= 0.3 is 0 Å². The summed E-state index contributed by atoms with van der Waals surface area (Å²) in [6.07, 6.45) is 0. The average molecular weight is 500 g/mol. The van der Waals surface area contributed by atoms with Crippen LogP contribution >= 0.6 is 22.9 Å². The van der Waals surface area contributed by atoms with Gasteiger partial charge in [0, 0.05) is 21.4 Å². The fourth-order valence-electron chi connectivity index (χ4n) is 3.67. The maximum atomic E-state index is 13.4. The number of para-hydroxylation sites is 1. The fourth-order valence-corrected chi connectivity index (χ4v) is 4.57. The minimum absolute atomic E-state index is 0.220. The summed E-state index contributed by atoms with van der Waals surface area (Å²) < 4.78 is 6.06. The minimum Gasteiger partial charge on any atom is -0.438 e. The van der Waals surface area contributed by atoms with Crippen LogP contribution in [0, 0.1) is 20.8 Å². The molecule has 0 fully saturated rings. The Morgan fingerprint density at radius 3 is 2.60 bits per heavy atom. The molecule has 0 saturated carbocycles. The molecule has 3 aromatic carbocycles. The number of rotatable bonds is 4. The predicted molar refractivity (Wildman–Crippen MR) is 143 cm³/mol. The van der Waals surface area contributed by atoms with Crippen molar-refractivity contribution in [1.82, 2.24) is 4.98 Å². The molecule has 0 aliphatic carbocycles. The van der Waals surface area contributed by atoms with Crippen LogP contribution in [0.3, 0.4) is 0 Å². The quantitative estimate of drug-likeness (QED) is 0.276. The number of hydrogen-bond acceptors (Lipinski definition) is 5. The van der Waals surface area contributed by atoms with E-state index in [1.165, 1.54) is 22.5 Å². The Morgan fingerprint density at radius 1 is 0.971 bits per heavy atom. The average Bonchev–Trinajstić information content (AvgIpc) is 3.30. The van der Waals surface area contributed by atoms with Crippen molar-refractivity contribution in [3.8, 4) is 11.3 Å². The molecule has 7 heteroatoms. The summed E-state index contributed by atoms with van der Waals surface area (Å²) in [6.45, 7) is 6.11. The van der Waals surface area contributed by atoms with Crippen LogP contribution in [0.25, 0.3) is 22.2 Å². The third-order valence-corrected chi connectivity index (χ3v) is 6.81. The van der Waals surface area contributed by atoms with E-state index in [4.69, 9.17) is 16.0 Å². The summed E-state index contributed by atoms with van der Waals surface area (Å²) in [5, 5.41) is 6.61. The first-order valence-corrected chi connectivity index (χ1v) is 12.3. The lowest BCUT2D eigenvalue weighted by atomic mass is 10.1. The second-order valence-electron chi connectivity index (χ2n) is 8.34. The second kappa shape index (κ2) is 9.49. The van der Waals surface area contributed by atoms with Crippen molar-refractivity contribution in [2.75, 3.05) is 5.32 Å². The van der Waals surface area contributed by atoms with Crippen LogP contribution in [0.4, 0.5) is 10.8 Å². The summed E-state index contributed by atoms with van der Waals surface area (Å²) >= 11 is 7.55. The predicted octanol–water partition coefficient (Wildman–Crippen LogP) is 7.62. The molecule has 0 unspecified atom stereocenters. The van der Waals surface area contributed by atoms with E-state index < -0.39 is 0 Å². The number of carbonyl (C=O) groups excluding carboxylic acids is 1. The molecular formula is C28H22ClN3O2S. The van der Waals surface area contributed by atoms with Crippen LogP contribution in [-0.4, -0.2) is 10.9 Å². The number of hydrogen-bond donors (Lipinski definition) is 1. The Morgan fingerprint density at radius 2 is 1.80 bits per heavy atom. The molecule has 0 spiro atoms. The van der Waals surface area contributed by atoms with Crippen molar-refractivity contribution in [3.63, 3.8) is 0 Å². The van der Waals surface area contributed by atoms with Gasteiger partial charge in [-0.1, -0.05) is 41.9 Å². The summed E-state index contributed by atoms with van der Waals surface area (Å²) in [5.41, 5.74) is 7.05. The highest BCUT2D eigenvalue weighted by atomic mass is 35.5. The van der Waals surface area contributed by atoms with Gasteiger partial charge in [-0.25, -0.2) is 9.98 Å². The van der Waals surface area contributed by atoms with Crippen molar-refractivity contribution in [2.45, 2.75) is 20.8 Å². The standard InChI is InChI=1S/C28H22ClN3O2S/c1-16-8-9-19(12-18(16)3)24-15-35-28(31-24)32-26(33)22-14-20-13-21(29)10-11-25(20)34-27(22)30-23-7-5-4-6-17(23)2/h4-15H,1-3H3,(H,31,32,33).